The first-order valence-corrected chi connectivity index (χ1v) is 9.74. The first kappa shape index (κ1) is 19.0. The van der Waals surface area contributed by atoms with Crippen LogP contribution in [-0.4, -0.2) is 14.5 Å². The molecule has 0 unspecified atom stereocenters. The molecule has 31 heavy (non-hydrogen) atoms. The van der Waals surface area contributed by atoms with Gasteiger partial charge in [0.15, 0.2) is 5.82 Å². The van der Waals surface area contributed by atoms with Crippen molar-refractivity contribution in [3.05, 3.63) is 118 Å². The van der Waals surface area contributed by atoms with Crippen LogP contribution < -0.4 is 5.56 Å². The Morgan fingerprint density at radius 1 is 0.935 bits per heavy atom. The fraction of sp³-hybridized carbons (Fsp3) is 0.0833. The number of nitrogens with zero attached hydrogens (tertiary/aromatic N) is 2. The summed E-state index contributed by atoms with van der Waals surface area (Å²) in [7, 11) is 0. The maximum atomic E-state index is 14.5. The van der Waals surface area contributed by atoms with Gasteiger partial charge in [0.2, 0.25) is 0 Å². The average molecular weight is 417 g/mol. The van der Waals surface area contributed by atoms with Gasteiger partial charge in [0, 0.05) is 12.6 Å². The van der Waals surface area contributed by atoms with Gasteiger partial charge in [-0.05, 0) is 29.8 Å². The lowest BCUT2D eigenvalue weighted by Gasteiger charge is -2.14. The summed E-state index contributed by atoms with van der Waals surface area (Å²) in [6, 6.07) is 16.7. The molecule has 5 nitrogen and oxygen atoms in total. The molecule has 0 atom stereocenters. The topological polar surface area (TPSA) is 63.8 Å². The molecule has 3 heterocycles. The molecule has 7 heteroatoms. The van der Waals surface area contributed by atoms with E-state index in [4.69, 9.17) is 4.42 Å². The summed E-state index contributed by atoms with van der Waals surface area (Å²) in [6.07, 6.45) is 3.56. The van der Waals surface area contributed by atoms with Gasteiger partial charge in [-0.3, -0.25) is 9.36 Å². The lowest BCUT2D eigenvalue weighted by molar-refractivity contribution is 0.519. The molecule has 1 aromatic heterocycles. The van der Waals surface area contributed by atoms with Crippen molar-refractivity contribution in [2.75, 3.05) is 0 Å². The SMILES string of the molecule is O=c1c(Cc2ccco2)nc2c(Cc3ccccc3)[nH]c(-c3c(F)cccc3F)cn1-2. The van der Waals surface area contributed by atoms with Gasteiger partial charge in [0.1, 0.15) is 23.1 Å². The highest BCUT2D eigenvalue weighted by Crippen LogP contribution is 2.27. The number of imidazole rings is 1. The minimum Gasteiger partial charge on any atom is -0.469 e. The molecule has 0 saturated heterocycles. The van der Waals surface area contributed by atoms with Crippen LogP contribution in [-0.2, 0) is 12.8 Å². The van der Waals surface area contributed by atoms with E-state index in [9.17, 15) is 13.6 Å². The van der Waals surface area contributed by atoms with Gasteiger partial charge in [0.05, 0.1) is 29.6 Å². The number of benzene rings is 2. The van der Waals surface area contributed by atoms with Crippen LogP contribution in [0.3, 0.4) is 0 Å². The Morgan fingerprint density at radius 3 is 2.42 bits per heavy atom. The van der Waals surface area contributed by atoms with Gasteiger partial charge in [-0.15, -0.1) is 0 Å². The monoisotopic (exact) mass is 417 g/mol. The summed E-state index contributed by atoms with van der Waals surface area (Å²) in [5.41, 5.74) is 1.42. The van der Waals surface area contributed by atoms with Crippen molar-refractivity contribution in [2.24, 2.45) is 0 Å². The van der Waals surface area contributed by atoms with Crippen molar-refractivity contribution in [2.45, 2.75) is 12.8 Å². The Bertz CT molecular complexity index is 1350. The largest absolute Gasteiger partial charge is 0.469 e. The van der Waals surface area contributed by atoms with Gasteiger partial charge in [-0.1, -0.05) is 36.4 Å². The molecule has 0 saturated carbocycles. The second-order valence-corrected chi connectivity index (χ2v) is 7.22. The highest BCUT2D eigenvalue weighted by atomic mass is 19.1. The predicted octanol–water partition coefficient (Wildman–Crippen LogP) is 4.72. The molecule has 1 N–H and O–H groups in total. The molecule has 0 radical (unpaired) electrons. The summed E-state index contributed by atoms with van der Waals surface area (Å²) in [6.45, 7) is 0. The minimum atomic E-state index is -0.718. The Labute approximate surface area is 176 Å². The van der Waals surface area contributed by atoms with Crippen LogP contribution in [0.2, 0.25) is 0 Å². The lowest BCUT2D eigenvalue weighted by Crippen LogP contribution is -2.18. The molecular weight excluding hydrogens is 400 g/mol. The van der Waals surface area contributed by atoms with E-state index in [1.807, 2.05) is 30.3 Å². The van der Waals surface area contributed by atoms with Crippen molar-refractivity contribution < 1.29 is 13.2 Å². The van der Waals surface area contributed by atoms with E-state index in [2.05, 4.69) is 9.97 Å². The maximum absolute atomic E-state index is 14.5. The van der Waals surface area contributed by atoms with Crippen molar-refractivity contribution >= 4 is 0 Å². The number of aromatic nitrogens is 3. The summed E-state index contributed by atoms with van der Waals surface area (Å²) >= 11 is 0. The van der Waals surface area contributed by atoms with E-state index in [1.165, 1.54) is 35.2 Å². The third kappa shape index (κ3) is 3.54. The second-order valence-electron chi connectivity index (χ2n) is 7.22. The Kier molecular flexibility index (Phi) is 4.71. The molecule has 0 bridgehead atoms. The Hall–Kier alpha value is -4.00. The number of hydrogen-bond acceptors (Lipinski definition) is 3. The molecule has 2 aliphatic heterocycles. The third-order valence-corrected chi connectivity index (χ3v) is 5.13. The summed E-state index contributed by atoms with van der Waals surface area (Å²) < 4.78 is 35.6. The Morgan fingerprint density at radius 2 is 1.71 bits per heavy atom. The van der Waals surface area contributed by atoms with Crippen LogP contribution in [0.15, 0.2) is 82.3 Å². The first-order chi connectivity index (χ1) is 15.1. The number of rotatable bonds is 5. The van der Waals surface area contributed by atoms with Gasteiger partial charge in [-0.25, -0.2) is 13.8 Å². The lowest BCUT2D eigenvalue weighted by atomic mass is 10.1. The summed E-state index contributed by atoms with van der Waals surface area (Å²) in [5, 5.41) is 0. The number of H-pyrrole nitrogens is 1. The number of fused-ring (bicyclic) bond motifs is 1. The predicted molar refractivity (Wildman–Crippen MR) is 111 cm³/mol. The fourth-order valence-electron chi connectivity index (χ4n) is 3.68. The van der Waals surface area contributed by atoms with Crippen molar-refractivity contribution in [1.29, 1.82) is 0 Å². The van der Waals surface area contributed by atoms with E-state index in [0.29, 0.717) is 29.4 Å². The van der Waals surface area contributed by atoms with Gasteiger partial charge < -0.3 is 9.40 Å². The molecule has 5 rings (SSSR count). The van der Waals surface area contributed by atoms with E-state index in [1.54, 1.807) is 12.1 Å². The quantitative estimate of drug-likeness (QED) is 0.450. The second kappa shape index (κ2) is 7.68. The van der Waals surface area contributed by atoms with E-state index in [-0.39, 0.29) is 23.2 Å². The van der Waals surface area contributed by atoms with E-state index >= 15 is 0 Å². The highest BCUT2D eigenvalue weighted by molar-refractivity contribution is 5.62. The van der Waals surface area contributed by atoms with Gasteiger partial charge in [0.25, 0.3) is 5.56 Å². The van der Waals surface area contributed by atoms with Gasteiger partial charge >= 0.3 is 0 Å². The standard InChI is InChI=1S/C24H17F2N3O2/c25-17-9-4-10-18(26)22(17)21-14-29-23(19(27-21)12-15-6-2-1-3-7-15)28-20(24(29)30)13-16-8-5-11-31-16/h1-11,14,27H,12-13H2. The molecule has 3 aromatic rings. The van der Waals surface area contributed by atoms with Crippen molar-refractivity contribution in [3.8, 4) is 17.1 Å². The fourth-order valence-corrected chi connectivity index (χ4v) is 3.68. The highest BCUT2D eigenvalue weighted by Gasteiger charge is 2.22. The average Bonchev–Trinajstić information content (AvgIpc) is 3.38. The number of hydrogen-bond donors (Lipinski definition) is 1. The zero-order valence-electron chi connectivity index (χ0n) is 16.3. The summed E-state index contributed by atoms with van der Waals surface area (Å²) in [5.74, 6) is -0.417. The van der Waals surface area contributed by atoms with Crippen molar-refractivity contribution in [3.63, 3.8) is 0 Å². The minimum absolute atomic E-state index is 0.160. The molecule has 0 fully saturated rings. The first-order valence-electron chi connectivity index (χ1n) is 9.74. The zero-order valence-corrected chi connectivity index (χ0v) is 16.3. The molecular formula is C24H17F2N3O2. The number of halogens is 2. The van der Waals surface area contributed by atoms with Crippen LogP contribution in [0.1, 0.15) is 22.7 Å². The number of furan rings is 1. The zero-order chi connectivity index (χ0) is 21.4. The van der Waals surface area contributed by atoms with Gasteiger partial charge in [-0.2, -0.15) is 0 Å². The maximum Gasteiger partial charge on any atom is 0.278 e. The van der Waals surface area contributed by atoms with Crippen LogP contribution in [0.5, 0.6) is 0 Å². The van der Waals surface area contributed by atoms with Crippen LogP contribution in [0.4, 0.5) is 8.78 Å². The summed E-state index contributed by atoms with van der Waals surface area (Å²) in [4.78, 5) is 20.7. The van der Waals surface area contributed by atoms with Crippen LogP contribution >= 0.6 is 0 Å². The molecule has 2 aliphatic rings. The normalized spacial score (nSPS) is 11.3. The smallest absolute Gasteiger partial charge is 0.278 e. The van der Waals surface area contributed by atoms with Crippen LogP contribution in [0.25, 0.3) is 17.1 Å². The molecule has 0 spiro atoms. The Balaban J connectivity index is 1.71. The van der Waals surface area contributed by atoms with E-state index in [0.717, 1.165) is 5.56 Å². The van der Waals surface area contributed by atoms with Crippen LogP contribution in [0, 0.1) is 11.6 Å². The molecule has 2 aromatic carbocycles. The molecule has 0 aliphatic carbocycles. The third-order valence-electron chi connectivity index (χ3n) is 5.13. The van der Waals surface area contributed by atoms with Crippen molar-refractivity contribution in [1.82, 2.24) is 14.5 Å². The van der Waals surface area contributed by atoms with E-state index < -0.39 is 11.6 Å². The number of nitrogens with one attached hydrogen (secondary N) is 1. The molecule has 0 amide bonds. The molecule has 154 valence electrons. The number of aromatic amines is 1.